The van der Waals surface area contributed by atoms with Gasteiger partial charge in [0.2, 0.25) is 10.0 Å². The van der Waals surface area contributed by atoms with Crippen LogP contribution in [0.3, 0.4) is 0 Å². The lowest BCUT2D eigenvalue weighted by Crippen LogP contribution is -2.37. The maximum Gasteiger partial charge on any atom is 0.243 e. The molecule has 0 radical (unpaired) electrons. The van der Waals surface area contributed by atoms with Crippen molar-refractivity contribution in [2.24, 2.45) is 4.99 Å². The molecule has 0 saturated carbocycles. The van der Waals surface area contributed by atoms with Crippen molar-refractivity contribution in [1.82, 2.24) is 14.9 Å². The molecule has 0 atom stereocenters. The molecule has 1 aliphatic heterocycles. The van der Waals surface area contributed by atoms with E-state index in [0.717, 1.165) is 37.8 Å². The smallest absolute Gasteiger partial charge is 0.243 e. The molecular formula is C18H30N4O3S. The number of hydrogen-bond acceptors (Lipinski definition) is 4. The van der Waals surface area contributed by atoms with Crippen molar-refractivity contribution >= 4 is 16.0 Å². The lowest BCUT2D eigenvalue weighted by atomic mass is 10.2. The highest BCUT2D eigenvalue weighted by Crippen LogP contribution is 2.21. The Bertz CT molecular complexity index is 685. The minimum absolute atomic E-state index is 0.363. The number of piperidine rings is 1. The summed E-state index contributed by atoms with van der Waals surface area (Å²) in [5, 5.41) is 6.41. The molecule has 1 heterocycles. The van der Waals surface area contributed by atoms with Crippen LogP contribution in [0.1, 0.15) is 31.2 Å². The van der Waals surface area contributed by atoms with E-state index in [1.165, 1.54) is 0 Å². The van der Waals surface area contributed by atoms with E-state index < -0.39 is 10.0 Å². The van der Waals surface area contributed by atoms with Crippen LogP contribution in [0.4, 0.5) is 0 Å². The fraction of sp³-hybridized carbons (Fsp3) is 0.611. The number of rotatable bonds is 8. The minimum Gasteiger partial charge on any atom is -0.385 e. The average molecular weight is 383 g/mol. The second-order valence-electron chi connectivity index (χ2n) is 6.31. The van der Waals surface area contributed by atoms with Crippen LogP contribution < -0.4 is 10.6 Å². The van der Waals surface area contributed by atoms with Gasteiger partial charge in [0.05, 0.1) is 4.90 Å². The first-order valence-electron chi connectivity index (χ1n) is 9.10. The van der Waals surface area contributed by atoms with Gasteiger partial charge < -0.3 is 15.4 Å². The van der Waals surface area contributed by atoms with Crippen LogP contribution in [0.2, 0.25) is 0 Å². The zero-order valence-corrected chi connectivity index (χ0v) is 16.5. The largest absolute Gasteiger partial charge is 0.385 e. The number of nitrogens with zero attached hydrogens (tertiary/aromatic N) is 2. The molecule has 1 aromatic rings. The number of aliphatic imine (C=N–C) groups is 1. The Morgan fingerprint density at radius 3 is 2.69 bits per heavy atom. The van der Waals surface area contributed by atoms with Gasteiger partial charge in [-0.2, -0.15) is 4.31 Å². The number of ether oxygens (including phenoxy) is 1. The zero-order chi connectivity index (χ0) is 18.8. The third-order valence-electron chi connectivity index (χ3n) is 4.35. The quantitative estimate of drug-likeness (QED) is 0.405. The normalized spacial score (nSPS) is 16.5. The van der Waals surface area contributed by atoms with Gasteiger partial charge in [0.25, 0.3) is 0 Å². The molecule has 146 valence electrons. The van der Waals surface area contributed by atoms with Crippen LogP contribution in [0.15, 0.2) is 34.2 Å². The van der Waals surface area contributed by atoms with Gasteiger partial charge in [-0.1, -0.05) is 18.6 Å². The highest BCUT2D eigenvalue weighted by molar-refractivity contribution is 7.89. The Hall–Kier alpha value is -1.64. The summed E-state index contributed by atoms with van der Waals surface area (Å²) in [6.45, 7) is 3.19. The van der Waals surface area contributed by atoms with Gasteiger partial charge in [0.1, 0.15) is 0 Å². The predicted octanol–water partition coefficient (Wildman–Crippen LogP) is 1.56. The molecule has 1 fully saturated rings. The SMILES string of the molecule is CN=C(NCCCOC)NCc1cccc(S(=O)(=O)N2CCCCC2)c1. The van der Waals surface area contributed by atoms with Gasteiger partial charge in [-0.25, -0.2) is 8.42 Å². The maximum absolute atomic E-state index is 12.8. The summed E-state index contributed by atoms with van der Waals surface area (Å²) in [5.74, 6) is 0.686. The first kappa shape index (κ1) is 20.7. The van der Waals surface area contributed by atoms with Crippen LogP contribution in [-0.2, 0) is 21.3 Å². The topological polar surface area (TPSA) is 83.0 Å². The molecule has 26 heavy (non-hydrogen) atoms. The summed E-state index contributed by atoms with van der Waals surface area (Å²) in [5.41, 5.74) is 0.905. The Morgan fingerprint density at radius 1 is 1.23 bits per heavy atom. The van der Waals surface area contributed by atoms with E-state index >= 15 is 0 Å². The van der Waals surface area contributed by atoms with Gasteiger partial charge >= 0.3 is 0 Å². The Labute approximate surface area is 156 Å². The third-order valence-corrected chi connectivity index (χ3v) is 6.25. The van der Waals surface area contributed by atoms with Gasteiger partial charge in [-0.15, -0.1) is 0 Å². The third kappa shape index (κ3) is 5.96. The minimum atomic E-state index is -3.40. The van der Waals surface area contributed by atoms with Crippen molar-refractivity contribution in [3.05, 3.63) is 29.8 Å². The van der Waals surface area contributed by atoms with E-state index in [4.69, 9.17) is 4.74 Å². The van der Waals surface area contributed by atoms with E-state index in [0.29, 0.717) is 37.1 Å². The van der Waals surface area contributed by atoms with E-state index in [9.17, 15) is 8.42 Å². The maximum atomic E-state index is 12.8. The zero-order valence-electron chi connectivity index (χ0n) is 15.7. The van der Waals surface area contributed by atoms with E-state index in [1.807, 2.05) is 6.07 Å². The van der Waals surface area contributed by atoms with Gasteiger partial charge in [0.15, 0.2) is 5.96 Å². The number of guanidine groups is 1. The average Bonchev–Trinajstić information content (AvgIpc) is 2.68. The molecule has 1 aromatic carbocycles. The molecule has 8 heteroatoms. The molecule has 0 spiro atoms. The van der Waals surface area contributed by atoms with Crippen molar-refractivity contribution in [2.75, 3.05) is 40.4 Å². The van der Waals surface area contributed by atoms with Gasteiger partial charge in [-0.3, -0.25) is 4.99 Å². The van der Waals surface area contributed by atoms with Crippen molar-refractivity contribution in [3.63, 3.8) is 0 Å². The number of benzene rings is 1. The summed E-state index contributed by atoms with van der Waals surface area (Å²) in [4.78, 5) is 4.54. The van der Waals surface area contributed by atoms with Crippen LogP contribution in [0, 0.1) is 0 Å². The molecule has 1 aliphatic rings. The van der Waals surface area contributed by atoms with Crippen molar-refractivity contribution < 1.29 is 13.2 Å². The lowest BCUT2D eigenvalue weighted by Gasteiger charge is -2.26. The highest BCUT2D eigenvalue weighted by Gasteiger charge is 2.25. The standard InChI is InChI=1S/C18H30N4O3S/c1-19-18(20-10-7-13-25-2)21-15-16-8-6-9-17(14-16)26(23,24)22-11-4-3-5-12-22/h6,8-9,14H,3-5,7,10-13,15H2,1-2H3,(H2,19,20,21). The molecule has 0 bridgehead atoms. The van der Waals surface area contributed by atoms with Crippen molar-refractivity contribution in [2.45, 2.75) is 37.1 Å². The second-order valence-corrected chi connectivity index (χ2v) is 8.25. The Morgan fingerprint density at radius 2 is 2.00 bits per heavy atom. The fourth-order valence-electron chi connectivity index (χ4n) is 2.90. The number of methoxy groups -OCH3 is 1. The van der Waals surface area contributed by atoms with E-state index in [1.54, 1.807) is 36.7 Å². The lowest BCUT2D eigenvalue weighted by molar-refractivity contribution is 0.195. The van der Waals surface area contributed by atoms with E-state index in [2.05, 4.69) is 15.6 Å². The number of nitrogens with one attached hydrogen (secondary N) is 2. The molecule has 0 amide bonds. The molecule has 2 N–H and O–H groups in total. The van der Waals surface area contributed by atoms with Crippen LogP contribution >= 0.6 is 0 Å². The number of hydrogen-bond donors (Lipinski definition) is 2. The molecule has 7 nitrogen and oxygen atoms in total. The molecule has 1 saturated heterocycles. The summed E-state index contributed by atoms with van der Waals surface area (Å²) in [6, 6.07) is 7.13. The molecule has 0 unspecified atom stereocenters. The predicted molar refractivity (Wildman–Crippen MR) is 104 cm³/mol. The first-order valence-corrected chi connectivity index (χ1v) is 10.5. The monoisotopic (exact) mass is 382 g/mol. The number of sulfonamides is 1. The van der Waals surface area contributed by atoms with Crippen LogP contribution in [0.5, 0.6) is 0 Å². The fourth-order valence-corrected chi connectivity index (χ4v) is 4.49. The molecule has 0 aliphatic carbocycles. The van der Waals surface area contributed by atoms with Gasteiger partial charge in [0, 0.05) is 46.9 Å². The van der Waals surface area contributed by atoms with Crippen molar-refractivity contribution in [1.29, 1.82) is 0 Å². The highest BCUT2D eigenvalue weighted by atomic mass is 32.2. The molecule has 2 rings (SSSR count). The summed E-state index contributed by atoms with van der Waals surface area (Å²) < 4.78 is 32.2. The van der Waals surface area contributed by atoms with Crippen molar-refractivity contribution in [3.8, 4) is 0 Å². The summed E-state index contributed by atoms with van der Waals surface area (Å²) in [7, 11) is -0.0136. The molecular weight excluding hydrogens is 352 g/mol. The van der Waals surface area contributed by atoms with Crippen LogP contribution in [0.25, 0.3) is 0 Å². The molecule has 0 aromatic heterocycles. The van der Waals surface area contributed by atoms with Gasteiger partial charge in [-0.05, 0) is 37.0 Å². The summed E-state index contributed by atoms with van der Waals surface area (Å²) in [6.07, 6.45) is 3.87. The Kier molecular flexibility index (Phi) is 8.34. The summed E-state index contributed by atoms with van der Waals surface area (Å²) >= 11 is 0. The van der Waals surface area contributed by atoms with Crippen LogP contribution in [-0.4, -0.2) is 59.1 Å². The van der Waals surface area contributed by atoms with E-state index in [-0.39, 0.29) is 0 Å². The first-order chi connectivity index (χ1) is 12.6. The Balaban J connectivity index is 1.95. The second kappa shape index (κ2) is 10.5.